The number of Topliss-reactive ketones (excluding diaryl/α,β-unsaturated/α-hetero) is 2. The maximum absolute atomic E-state index is 11.6. The number of ether oxygens (including phenoxy) is 1. The van der Waals surface area contributed by atoms with Gasteiger partial charge in [-0.1, -0.05) is 33.7 Å². The minimum atomic E-state index is -0.928. The summed E-state index contributed by atoms with van der Waals surface area (Å²) in [6.07, 6.45) is 2.12. The van der Waals surface area contributed by atoms with E-state index in [2.05, 4.69) is 0 Å². The van der Waals surface area contributed by atoms with Crippen molar-refractivity contribution < 1.29 is 28.7 Å². The molecule has 2 saturated heterocycles. The van der Waals surface area contributed by atoms with Crippen LogP contribution in [0, 0.1) is 0 Å². The van der Waals surface area contributed by atoms with Crippen molar-refractivity contribution >= 4 is 56.9 Å². The molecule has 156 valence electrons. The summed E-state index contributed by atoms with van der Waals surface area (Å²) in [7, 11) is 2.48. The summed E-state index contributed by atoms with van der Waals surface area (Å²) in [4.78, 5) is 56.1. The number of imide groups is 1. The second-order valence-electron chi connectivity index (χ2n) is 6.38. The molecule has 0 unspecified atom stereocenters. The lowest BCUT2D eigenvalue weighted by molar-refractivity contribution is -0.152. The molecule has 1 aromatic carbocycles. The van der Waals surface area contributed by atoms with Crippen LogP contribution in [0.5, 0.6) is 0 Å². The molecule has 29 heavy (non-hydrogen) atoms. The minimum absolute atomic E-state index is 0.0534. The van der Waals surface area contributed by atoms with E-state index in [1.165, 1.54) is 33.4 Å². The van der Waals surface area contributed by atoms with Gasteiger partial charge in [-0.15, -0.1) is 0 Å². The zero-order valence-corrected chi connectivity index (χ0v) is 17.6. The minimum Gasteiger partial charge on any atom is -0.399 e. The van der Waals surface area contributed by atoms with Crippen LogP contribution in [0.1, 0.15) is 25.3 Å². The van der Waals surface area contributed by atoms with Gasteiger partial charge in [0.2, 0.25) is 11.8 Å². The number of β-lactam (4-membered cyclic amide) rings is 1. The van der Waals surface area contributed by atoms with Gasteiger partial charge < -0.3 is 15.3 Å². The first-order chi connectivity index (χ1) is 13.8. The Morgan fingerprint density at radius 1 is 1.24 bits per heavy atom. The number of likely N-dealkylation sites (tertiary alicyclic amines) is 1. The van der Waals surface area contributed by atoms with Gasteiger partial charge in [-0.3, -0.25) is 24.1 Å². The summed E-state index contributed by atoms with van der Waals surface area (Å²) in [6.45, 7) is 1.69. The highest BCUT2D eigenvalue weighted by molar-refractivity contribution is 8.94. The topological polar surface area (TPSA) is 124 Å². The zero-order valence-electron chi connectivity index (χ0n) is 15.9. The van der Waals surface area contributed by atoms with Crippen molar-refractivity contribution in [3.05, 3.63) is 29.8 Å². The van der Waals surface area contributed by atoms with Crippen LogP contribution in [0.3, 0.4) is 0 Å². The van der Waals surface area contributed by atoms with Gasteiger partial charge in [-0.25, -0.2) is 0 Å². The van der Waals surface area contributed by atoms with E-state index < -0.39 is 4.08 Å². The molecule has 0 saturated carbocycles. The molecule has 2 N–H and O–H groups in total. The Labute approximate surface area is 176 Å². The van der Waals surface area contributed by atoms with Crippen molar-refractivity contribution in [1.29, 1.82) is 0 Å². The summed E-state index contributed by atoms with van der Waals surface area (Å²) in [6, 6.07) is 7.43. The number of carbonyl (C=O) groups excluding carboxylic acids is 5. The molecule has 0 atom stereocenters. The van der Waals surface area contributed by atoms with Crippen molar-refractivity contribution in [2.45, 2.75) is 30.3 Å². The number of anilines is 1. The summed E-state index contributed by atoms with van der Waals surface area (Å²) in [5, 5.41) is 0. The Balaban J connectivity index is 0.000000212. The molecule has 2 amide bonds. The van der Waals surface area contributed by atoms with Gasteiger partial charge >= 0.3 is 0 Å². The number of aryl methyl sites for hydroxylation is 1. The molecular weight excluding hydrogens is 416 g/mol. The largest absolute Gasteiger partial charge is 0.399 e. The lowest BCUT2D eigenvalue weighted by atomic mass is 10.1. The van der Waals surface area contributed by atoms with Crippen LogP contribution in [0.15, 0.2) is 24.3 Å². The summed E-state index contributed by atoms with van der Waals surface area (Å²) in [5.41, 5.74) is 7.34. The Bertz CT molecular complexity index is 792. The fourth-order valence-corrected chi connectivity index (χ4v) is 4.53. The van der Waals surface area contributed by atoms with E-state index >= 15 is 0 Å². The fraction of sp³-hybridized carbons (Fsp3) is 0.421. The average molecular weight is 439 g/mol. The number of hydrogen-bond donors (Lipinski definition) is 1. The molecule has 10 heteroatoms. The molecule has 0 aliphatic carbocycles. The van der Waals surface area contributed by atoms with E-state index in [-0.39, 0.29) is 36.6 Å². The number of amides is 2. The molecule has 2 aliphatic heterocycles. The highest BCUT2D eigenvalue weighted by Gasteiger charge is 2.57. The molecule has 0 aromatic heterocycles. The van der Waals surface area contributed by atoms with E-state index in [1.807, 2.05) is 24.3 Å². The van der Waals surface area contributed by atoms with E-state index in [0.717, 1.165) is 5.56 Å². The van der Waals surface area contributed by atoms with E-state index in [4.69, 9.17) is 10.5 Å². The van der Waals surface area contributed by atoms with Crippen molar-refractivity contribution in [1.82, 2.24) is 4.90 Å². The van der Waals surface area contributed by atoms with Gasteiger partial charge in [-0.05, 0) is 31.0 Å². The van der Waals surface area contributed by atoms with Crippen LogP contribution < -0.4 is 5.73 Å². The number of aldehydes is 1. The Hall–Kier alpha value is -2.17. The number of nitrogen functional groups attached to an aromatic ring is 1. The number of carbonyl (C=O) groups is 5. The van der Waals surface area contributed by atoms with Gasteiger partial charge in [-0.2, -0.15) is 0 Å². The Kier molecular flexibility index (Phi) is 8.42. The van der Waals surface area contributed by atoms with E-state index in [1.54, 1.807) is 0 Å². The van der Waals surface area contributed by atoms with Gasteiger partial charge in [0.25, 0.3) is 0 Å². The number of benzene rings is 1. The van der Waals surface area contributed by atoms with Crippen LogP contribution in [-0.4, -0.2) is 58.4 Å². The third-order valence-electron chi connectivity index (χ3n) is 4.26. The quantitative estimate of drug-likeness (QED) is 0.116. The van der Waals surface area contributed by atoms with Crippen molar-refractivity contribution in [3.8, 4) is 0 Å². The van der Waals surface area contributed by atoms with Gasteiger partial charge in [0.15, 0.2) is 15.6 Å². The molecule has 2 aliphatic rings. The smallest absolute Gasteiger partial charge is 0.230 e. The number of ketones is 2. The predicted molar refractivity (Wildman–Crippen MR) is 111 cm³/mol. The second-order valence-corrected chi connectivity index (χ2v) is 9.19. The first-order valence-corrected chi connectivity index (χ1v) is 11.1. The molecule has 3 rings (SSSR count). The molecule has 0 spiro atoms. The lowest BCUT2D eigenvalue weighted by Crippen LogP contribution is -2.47. The summed E-state index contributed by atoms with van der Waals surface area (Å²) >= 11 is 0. The molecule has 8 nitrogen and oxygen atoms in total. The molecule has 2 fully saturated rings. The third kappa shape index (κ3) is 6.41. The zero-order chi connectivity index (χ0) is 21.4. The van der Waals surface area contributed by atoms with Crippen LogP contribution >= 0.6 is 21.6 Å². The third-order valence-corrected chi connectivity index (χ3v) is 7.29. The first-order valence-electron chi connectivity index (χ1n) is 8.90. The molecule has 2 heterocycles. The first kappa shape index (κ1) is 23.1. The number of rotatable bonds is 9. The standard InChI is InChI=1S/C12H14N2O2.C7H8O4S2/c13-10-4-1-9(2-5-10)3-6-11(15)14-8-7-12(14)16;1-5(9)7(12-13-7)6(10)4-11-3-2-8/h1-2,4-5H,3,6-8,13H2;2H,3-4H2,1H3. The predicted octanol–water partition coefficient (Wildman–Crippen LogP) is 1.41. The number of nitrogens with zero attached hydrogens (tertiary/aromatic N) is 1. The fourth-order valence-electron chi connectivity index (χ4n) is 2.39. The molecular formula is C19H22N2O6S2. The van der Waals surface area contributed by atoms with Crippen LogP contribution in [-0.2, 0) is 35.1 Å². The maximum atomic E-state index is 11.6. The lowest BCUT2D eigenvalue weighted by Gasteiger charge is -2.28. The highest BCUT2D eigenvalue weighted by Crippen LogP contribution is 2.65. The maximum Gasteiger partial charge on any atom is 0.230 e. The van der Waals surface area contributed by atoms with E-state index in [0.29, 0.717) is 37.8 Å². The summed E-state index contributed by atoms with van der Waals surface area (Å²) < 4.78 is 3.80. The van der Waals surface area contributed by atoms with Crippen LogP contribution in [0.25, 0.3) is 0 Å². The monoisotopic (exact) mass is 438 g/mol. The summed E-state index contributed by atoms with van der Waals surface area (Å²) in [5.74, 6) is -0.561. The van der Waals surface area contributed by atoms with Crippen molar-refractivity contribution in [2.24, 2.45) is 0 Å². The van der Waals surface area contributed by atoms with Crippen molar-refractivity contribution in [2.75, 3.05) is 25.5 Å². The van der Waals surface area contributed by atoms with Gasteiger partial charge in [0.1, 0.15) is 19.5 Å². The SMILES string of the molecule is CC(=O)C1(C(=O)COCC=O)SS1.Nc1ccc(CCC(=O)N2CCC2=O)cc1. The van der Waals surface area contributed by atoms with Gasteiger partial charge in [0.05, 0.1) is 0 Å². The Morgan fingerprint density at radius 3 is 2.34 bits per heavy atom. The number of nitrogens with two attached hydrogens (primary N) is 1. The van der Waals surface area contributed by atoms with Gasteiger partial charge in [0, 0.05) is 25.1 Å². The number of hydrogen-bond acceptors (Lipinski definition) is 9. The average Bonchev–Trinajstić information content (AvgIpc) is 3.49. The second kappa shape index (κ2) is 10.6. The Morgan fingerprint density at radius 2 is 1.90 bits per heavy atom. The van der Waals surface area contributed by atoms with Crippen LogP contribution in [0.4, 0.5) is 5.69 Å². The highest BCUT2D eigenvalue weighted by atomic mass is 33.2. The molecule has 0 radical (unpaired) electrons. The van der Waals surface area contributed by atoms with Crippen molar-refractivity contribution in [3.63, 3.8) is 0 Å². The van der Waals surface area contributed by atoms with E-state index in [9.17, 15) is 24.0 Å². The normalized spacial score (nSPS) is 16.2. The van der Waals surface area contributed by atoms with Crippen LogP contribution in [0.2, 0.25) is 0 Å². The molecule has 1 aromatic rings. The molecule has 0 bridgehead atoms.